The van der Waals surface area contributed by atoms with Gasteiger partial charge in [-0.15, -0.1) is 0 Å². The summed E-state index contributed by atoms with van der Waals surface area (Å²) in [6.07, 6.45) is 0.372. The lowest BCUT2D eigenvalue weighted by Gasteiger charge is -2.10. The van der Waals surface area contributed by atoms with Crippen molar-refractivity contribution >= 4 is 28.9 Å². The number of rotatable bonds is 6. The van der Waals surface area contributed by atoms with Gasteiger partial charge in [-0.05, 0) is 55.3 Å². The largest absolute Gasteiger partial charge is 0.495 e. The van der Waals surface area contributed by atoms with Crippen molar-refractivity contribution in [1.82, 2.24) is 0 Å². The Hall–Kier alpha value is -2.20. The number of nitrogens with one attached hydrogen (secondary N) is 2. The first-order valence-electron chi connectivity index (χ1n) is 7.43. The van der Waals surface area contributed by atoms with Gasteiger partial charge in [0.15, 0.2) is 0 Å². The number of hydrogen-bond donors (Lipinski definition) is 2. The minimum Gasteiger partial charge on any atom is -0.495 e. The fraction of sp³-hybridized carbons (Fsp3) is 0.278. The summed E-state index contributed by atoms with van der Waals surface area (Å²) < 4.78 is 5.08. The van der Waals surface area contributed by atoms with Gasteiger partial charge in [-0.3, -0.25) is 4.79 Å². The molecule has 2 aromatic rings. The van der Waals surface area contributed by atoms with Crippen molar-refractivity contribution in [1.29, 1.82) is 0 Å². The van der Waals surface area contributed by atoms with Gasteiger partial charge in [-0.1, -0.05) is 17.7 Å². The molecule has 0 spiro atoms. The standard InChI is InChI=1S/C18H21ClN2O2/c1-12-8-13(2)10-15(9-12)20-7-6-18(22)21-14-4-5-17(23-3)16(19)11-14/h4-5,8-11,20H,6-7H2,1-3H3,(H,21,22). The van der Waals surface area contributed by atoms with E-state index >= 15 is 0 Å². The molecular formula is C18H21ClN2O2. The van der Waals surface area contributed by atoms with Crippen LogP contribution in [0.3, 0.4) is 0 Å². The highest BCUT2D eigenvalue weighted by molar-refractivity contribution is 6.32. The van der Waals surface area contributed by atoms with E-state index in [1.165, 1.54) is 11.1 Å². The SMILES string of the molecule is COc1ccc(NC(=O)CCNc2cc(C)cc(C)c2)cc1Cl. The molecule has 0 aromatic heterocycles. The van der Waals surface area contributed by atoms with Crippen molar-refractivity contribution in [2.45, 2.75) is 20.3 Å². The molecule has 2 rings (SSSR count). The molecule has 0 aliphatic rings. The number of methoxy groups -OCH3 is 1. The molecule has 0 unspecified atom stereocenters. The zero-order valence-electron chi connectivity index (χ0n) is 13.6. The lowest BCUT2D eigenvalue weighted by atomic mass is 10.1. The van der Waals surface area contributed by atoms with Crippen molar-refractivity contribution in [3.8, 4) is 5.75 Å². The molecule has 0 fully saturated rings. The maximum Gasteiger partial charge on any atom is 0.226 e. The number of hydrogen-bond acceptors (Lipinski definition) is 3. The second kappa shape index (κ2) is 7.88. The Bertz CT molecular complexity index is 681. The topological polar surface area (TPSA) is 50.4 Å². The monoisotopic (exact) mass is 332 g/mol. The molecule has 5 heteroatoms. The van der Waals surface area contributed by atoms with Crippen LogP contribution in [0.4, 0.5) is 11.4 Å². The van der Waals surface area contributed by atoms with Gasteiger partial charge in [0.2, 0.25) is 5.91 Å². The quantitative estimate of drug-likeness (QED) is 0.824. The van der Waals surface area contributed by atoms with Gasteiger partial charge < -0.3 is 15.4 Å². The molecule has 0 saturated carbocycles. The summed E-state index contributed by atoms with van der Waals surface area (Å²) in [5.74, 6) is 0.518. The van der Waals surface area contributed by atoms with E-state index in [1.54, 1.807) is 25.3 Å². The summed E-state index contributed by atoms with van der Waals surface area (Å²) in [6, 6.07) is 11.4. The normalized spacial score (nSPS) is 10.3. The van der Waals surface area contributed by atoms with Crippen LogP contribution < -0.4 is 15.4 Å². The summed E-state index contributed by atoms with van der Waals surface area (Å²) in [5.41, 5.74) is 4.09. The van der Waals surface area contributed by atoms with Crippen LogP contribution in [-0.4, -0.2) is 19.6 Å². The Labute approximate surface area is 141 Å². The summed E-state index contributed by atoms with van der Waals surface area (Å²) in [4.78, 5) is 12.0. The lowest BCUT2D eigenvalue weighted by Crippen LogP contribution is -2.16. The van der Waals surface area contributed by atoms with E-state index < -0.39 is 0 Å². The molecule has 1 amide bonds. The summed E-state index contributed by atoms with van der Waals surface area (Å²) in [5, 5.41) is 6.56. The Kier molecular flexibility index (Phi) is 5.88. The van der Waals surface area contributed by atoms with Crippen molar-refractivity contribution in [2.75, 3.05) is 24.3 Å². The van der Waals surface area contributed by atoms with Crippen LogP contribution in [0.25, 0.3) is 0 Å². The number of amides is 1. The smallest absolute Gasteiger partial charge is 0.226 e. The highest BCUT2D eigenvalue weighted by atomic mass is 35.5. The lowest BCUT2D eigenvalue weighted by molar-refractivity contribution is -0.115. The van der Waals surface area contributed by atoms with Gasteiger partial charge in [0.05, 0.1) is 12.1 Å². The molecule has 0 bridgehead atoms. The molecule has 0 aliphatic heterocycles. The van der Waals surface area contributed by atoms with Gasteiger partial charge in [0, 0.05) is 24.3 Å². The molecule has 23 heavy (non-hydrogen) atoms. The molecule has 0 heterocycles. The van der Waals surface area contributed by atoms with Crippen LogP contribution in [0.1, 0.15) is 17.5 Å². The number of benzene rings is 2. The van der Waals surface area contributed by atoms with E-state index in [4.69, 9.17) is 16.3 Å². The average molecular weight is 333 g/mol. The van der Waals surface area contributed by atoms with Crippen LogP contribution >= 0.6 is 11.6 Å². The third-order valence-electron chi connectivity index (χ3n) is 3.34. The van der Waals surface area contributed by atoms with Crippen molar-refractivity contribution in [2.24, 2.45) is 0 Å². The first-order valence-corrected chi connectivity index (χ1v) is 7.81. The second-order valence-electron chi connectivity index (χ2n) is 5.45. The van der Waals surface area contributed by atoms with E-state index in [-0.39, 0.29) is 5.91 Å². The van der Waals surface area contributed by atoms with Gasteiger partial charge in [0.1, 0.15) is 5.75 Å². The third-order valence-corrected chi connectivity index (χ3v) is 3.63. The second-order valence-corrected chi connectivity index (χ2v) is 5.86. The van der Waals surface area contributed by atoms with Crippen LogP contribution in [0.2, 0.25) is 5.02 Å². The molecule has 2 aromatic carbocycles. The highest BCUT2D eigenvalue weighted by Gasteiger charge is 2.06. The number of carbonyl (C=O) groups excluding carboxylic acids is 1. The highest BCUT2D eigenvalue weighted by Crippen LogP contribution is 2.27. The van der Waals surface area contributed by atoms with E-state index in [9.17, 15) is 4.79 Å². The Morgan fingerprint density at radius 3 is 2.39 bits per heavy atom. The maximum absolute atomic E-state index is 12.0. The van der Waals surface area contributed by atoms with Gasteiger partial charge in [-0.25, -0.2) is 0 Å². The number of aryl methyl sites for hydroxylation is 2. The molecular weight excluding hydrogens is 312 g/mol. The number of ether oxygens (including phenoxy) is 1. The minimum absolute atomic E-state index is 0.0666. The van der Waals surface area contributed by atoms with Crippen LogP contribution in [0.15, 0.2) is 36.4 Å². The predicted octanol–water partition coefficient (Wildman–Crippen LogP) is 4.41. The van der Waals surface area contributed by atoms with Gasteiger partial charge in [0.25, 0.3) is 0 Å². The zero-order valence-corrected chi connectivity index (χ0v) is 14.3. The molecule has 0 atom stereocenters. The maximum atomic E-state index is 12.0. The molecule has 2 N–H and O–H groups in total. The van der Waals surface area contributed by atoms with Crippen LogP contribution in [0.5, 0.6) is 5.75 Å². The summed E-state index contributed by atoms with van der Waals surface area (Å²) in [7, 11) is 1.55. The van der Waals surface area contributed by atoms with Crippen molar-refractivity contribution < 1.29 is 9.53 Å². The van der Waals surface area contributed by atoms with E-state index in [0.717, 1.165) is 5.69 Å². The number of carbonyl (C=O) groups is 1. The Morgan fingerprint density at radius 2 is 1.78 bits per heavy atom. The predicted molar refractivity (Wildman–Crippen MR) is 95.7 cm³/mol. The zero-order chi connectivity index (χ0) is 16.8. The number of anilines is 2. The third kappa shape index (κ3) is 5.18. The molecule has 4 nitrogen and oxygen atoms in total. The molecule has 122 valence electrons. The minimum atomic E-state index is -0.0666. The van der Waals surface area contributed by atoms with Crippen LogP contribution in [-0.2, 0) is 4.79 Å². The Balaban J connectivity index is 1.84. The fourth-order valence-corrected chi connectivity index (χ4v) is 2.62. The molecule has 0 radical (unpaired) electrons. The summed E-state index contributed by atoms with van der Waals surface area (Å²) in [6.45, 7) is 4.68. The van der Waals surface area contributed by atoms with Gasteiger partial charge >= 0.3 is 0 Å². The van der Waals surface area contributed by atoms with Crippen LogP contribution in [0, 0.1) is 13.8 Å². The van der Waals surface area contributed by atoms with E-state index in [0.29, 0.717) is 29.4 Å². The van der Waals surface area contributed by atoms with Crippen molar-refractivity contribution in [3.05, 3.63) is 52.5 Å². The molecule has 0 aliphatic carbocycles. The average Bonchev–Trinajstić information content (AvgIpc) is 2.46. The Morgan fingerprint density at radius 1 is 1.09 bits per heavy atom. The first-order chi connectivity index (χ1) is 11.0. The molecule has 0 saturated heterocycles. The first kappa shape index (κ1) is 17.2. The van der Waals surface area contributed by atoms with Gasteiger partial charge in [-0.2, -0.15) is 0 Å². The summed E-state index contributed by atoms with van der Waals surface area (Å²) >= 11 is 6.04. The van der Waals surface area contributed by atoms with E-state index in [2.05, 4.69) is 42.7 Å². The van der Waals surface area contributed by atoms with Crippen molar-refractivity contribution in [3.63, 3.8) is 0 Å². The van der Waals surface area contributed by atoms with E-state index in [1.807, 2.05) is 0 Å². The fourth-order valence-electron chi connectivity index (χ4n) is 2.36. The number of halogens is 1.